The molecule has 0 aliphatic rings. The van der Waals surface area contributed by atoms with E-state index < -0.39 is 0 Å². The van der Waals surface area contributed by atoms with E-state index in [0.29, 0.717) is 16.2 Å². The fourth-order valence-electron chi connectivity index (χ4n) is 1.45. The number of amides is 1. The number of thiophene rings is 1. The Labute approximate surface area is 115 Å². The van der Waals surface area contributed by atoms with E-state index in [2.05, 4.69) is 16.6 Å². The molecular weight excluding hydrogens is 258 g/mol. The van der Waals surface area contributed by atoms with Crippen molar-refractivity contribution in [1.29, 1.82) is 5.26 Å². The van der Waals surface area contributed by atoms with E-state index in [1.54, 1.807) is 37.3 Å². The number of rotatable bonds is 3. The molecule has 1 amide bonds. The van der Waals surface area contributed by atoms with Crippen molar-refractivity contribution in [2.75, 3.05) is 0 Å². The summed E-state index contributed by atoms with van der Waals surface area (Å²) in [5, 5.41) is 14.6. The molecule has 0 saturated heterocycles. The zero-order valence-electron chi connectivity index (χ0n) is 10.3. The molecule has 0 spiro atoms. The van der Waals surface area contributed by atoms with Crippen LogP contribution in [-0.4, -0.2) is 11.6 Å². The van der Waals surface area contributed by atoms with Gasteiger partial charge in [-0.25, -0.2) is 5.43 Å². The van der Waals surface area contributed by atoms with Gasteiger partial charge in [0.25, 0.3) is 5.91 Å². The molecule has 0 fully saturated rings. The number of hydrogen-bond donors (Lipinski definition) is 1. The average Bonchev–Trinajstić information content (AvgIpc) is 2.98. The lowest BCUT2D eigenvalue weighted by Crippen LogP contribution is -2.18. The molecule has 1 heterocycles. The van der Waals surface area contributed by atoms with Gasteiger partial charge in [-0.3, -0.25) is 4.79 Å². The third kappa shape index (κ3) is 3.27. The average molecular weight is 269 g/mol. The number of carbonyl (C=O) groups is 1. The number of nitrogens with one attached hydrogen (secondary N) is 1. The molecule has 1 N–H and O–H groups in total. The van der Waals surface area contributed by atoms with Crippen LogP contribution in [0.5, 0.6) is 0 Å². The molecule has 19 heavy (non-hydrogen) atoms. The lowest BCUT2D eigenvalue weighted by atomic mass is 10.1. The lowest BCUT2D eigenvalue weighted by Gasteiger charge is -2.01. The normalized spacial score (nSPS) is 10.8. The maximum absolute atomic E-state index is 11.7. The summed E-state index contributed by atoms with van der Waals surface area (Å²) in [6, 6.07) is 12.6. The van der Waals surface area contributed by atoms with Gasteiger partial charge in [-0.1, -0.05) is 18.2 Å². The first-order chi connectivity index (χ1) is 9.20. The number of carbonyl (C=O) groups excluding carboxylic acids is 1. The monoisotopic (exact) mass is 269 g/mol. The topological polar surface area (TPSA) is 65.2 Å². The van der Waals surface area contributed by atoms with Gasteiger partial charge < -0.3 is 0 Å². The summed E-state index contributed by atoms with van der Waals surface area (Å²) in [5.74, 6) is -0.219. The highest BCUT2D eigenvalue weighted by molar-refractivity contribution is 7.12. The zero-order valence-corrected chi connectivity index (χ0v) is 11.1. The molecule has 5 heteroatoms. The second-order valence-electron chi connectivity index (χ2n) is 3.80. The van der Waals surface area contributed by atoms with Crippen LogP contribution in [-0.2, 0) is 0 Å². The second-order valence-corrected chi connectivity index (χ2v) is 4.75. The third-order valence-corrected chi connectivity index (χ3v) is 3.37. The predicted molar refractivity (Wildman–Crippen MR) is 75.2 cm³/mol. The molecule has 0 aliphatic carbocycles. The van der Waals surface area contributed by atoms with Gasteiger partial charge in [-0.2, -0.15) is 10.4 Å². The van der Waals surface area contributed by atoms with Gasteiger partial charge in [0.05, 0.1) is 22.2 Å². The number of hydrogen-bond acceptors (Lipinski definition) is 4. The van der Waals surface area contributed by atoms with E-state index in [1.807, 2.05) is 11.4 Å². The largest absolute Gasteiger partial charge is 0.281 e. The molecule has 2 aromatic rings. The predicted octanol–water partition coefficient (Wildman–Crippen LogP) is 2.77. The lowest BCUT2D eigenvalue weighted by molar-refractivity contribution is 0.0959. The van der Waals surface area contributed by atoms with Gasteiger partial charge in [0.1, 0.15) is 0 Å². The summed E-state index contributed by atoms with van der Waals surface area (Å²) >= 11 is 1.37. The quantitative estimate of drug-likeness (QED) is 0.687. The zero-order chi connectivity index (χ0) is 13.7. The third-order valence-electron chi connectivity index (χ3n) is 2.50. The van der Waals surface area contributed by atoms with E-state index in [9.17, 15) is 4.79 Å². The fourth-order valence-corrected chi connectivity index (χ4v) is 2.06. The Balaban J connectivity index is 2.06. The summed E-state index contributed by atoms with van der Waals surface area (Å²) in [5.41, 5.74) is 4.66. The Morgan fingerprint density at radius 1 is 1.32 bits per heavy atom. The van der Waals surface area contributed by atoms with Gasteiger partial charge in [-0.05, 0) is 36.1 Å². The van der Waals surface area contributed by atoms with Gasteiger partial charge in [0.15, 0.2) is 0 Å². The number of hydrazone groups is 1. The van der Waals surface area contributed by atoms with Crippen molar-refractivity contribution in [2.45, 2.75) is 6.92 Å². The first-order valence-electron chi connectivity index (χ1n) is 5.59. The molecule has 4 nitrogen and oxygen atoms in total. The standard InChI is InChI=1S/C14H11N3OS/c1-10(12-6-4-11(9-15)5-7-12)16-17-14(18)13-3-2-8-19-13/h2-8H,1H3,(H,17,18). The van der Waals surface area contributed by atoms with Gasteiger partial charge in [0.2, 0.25) is 0 Å². The molecule has 0 atom stereocenters. The van der Waals surface area contributed by atoms with Crippen molar-refractivity contribution < 1.29 is 4.79 Å². The van der Waals surface area contributed by atoms with Crippen molar-refractivity contribution in [2.24, 2.45) is 5.10 Å². The van der Waals surface area contributed by atoms with Crippen LogP contribution in [0.15, 0.2) is 46.9 Å². The first kappa shape index (κ1) is 13.0. The second kappa shape index (κ2) is 5.94. The molecule has 0 bridgehead atoms. The minimum Gasteiger partial charge on any atom is -0.266 e. The van der Waals surface area contributed by atoms with E-state index >= 15 is 0 Å². The van der Waals surface area contributed by atoms with Crippen molar-refractivity contribution in [1.82, 2.24) is 5.43 Å². The van der Waals surface area contributed by atoms with Crippen LogP contribution in [0, 0.1) is 11.3 Å². The molecule has 0 radical (unpaired) electrons. The maximum atomic E-state index is 11.7. The molecule has 1 aromatic heterocycles. The van der Waals surface area contributed by atoms with Crippen LogP contribution in [0.3, 0.4) is 0 Å². The minimum absolute atomic E-state index is 0.219. The van der Waals surface area contributed by atoms with Gasteiger partial charge in [-0.15, -0.1) is 11.3 Å². The molecule has 0 aliphatic heterocycles. The van der Waals surface area contributed by atoms with Crippen molar-refractivity contribution in [3.63, 3.8) is 0 Å². The van der Waals surface area contributed by atoms with Crippen molar-refractivity contribution in [3.8, 4) is 6.07 Å². The first-order valence-corrected chi connectivity index (χ1v) is 6.47. The summed E-state index contributed by atoms with van der Waals surface area (Å²) in [6.07, 6.45) is 0. The van der Waals surface area contributed by atoms with Crippen LogP contribution in [0.25, 0.3) is 0 Å². The van der Waals surface area contributed by atoms with Crippen LogP contribution >= 0.6 is 11.3 Å². The Hall–Kier alpha value is -2.45. The van der Waals surface area contributed by atoms with Crippen molar-refractivity contribution in [3.05, 3.63) is 57.8 Å². The highest BCUT2D eigenvalue weighted by Crippen LogP contribution is 2.08. The number of benzene rings is 1. The Morgan fingerprint density at radius 3 is 2.63 bits per heavy atom. The minimum atomic E-state index is -0.219. The van der Waals surface area contributed by atoms with Gasteiger partial charge in [0, 0.05) is 0 Å². The summed E-state index contributed by atoms with van der Waals surface area (Å²) in [4.78, 5) is 12.3. The molecule has 94 valence electrons. The molecule has 0 saturated carbocycles. The number of nitrogens with zero attached hydrogens (tertiary/aromatic N) is 2. The smallest absolute Gasteiger partial charge is 0.266 e. The van der Waals surface area contributed by atoms with Crippen LogP contribution in [0.4, 0.5) is 0 Å². The molecule has 0 unspecified atom stereocenters. The van der Waals surface area contributed by atoms with Crippen LogP contribution in [0.1, 0.15) is 27.7 Å². The number of nitriles is 1. The Bertz CT molecular complexity index is 636. The summed E-state index contributed by atoms with van der Waals surface area (Å²) in [7, 11) is 0. The van der Waals surface area contributed by atoms with E-state index in [1.165, 1.54) is 11.3 Å². The SMILES string of the molecule is CC(=NNC(=O)c1cccs1)c1ccc(C#N)cc1. The molecule has 2 rings (SSSR count). The molecular formula is C14H11N3OS. The van der Waals surface area contributed by atoms with Gasteiger partial charge >= 0.3 is 0 Å². The van der Waals surface area contributed by atoms with E-state index in [0.717, 1.165) is 5.56 Å². The van der Waals surface area contributed by atoms with Crippen LogP contribution in [0.2, 0.25) is 0 Å². The highest BCUT2D eigenvalue weighted by Gasteiger charge is 2.05. The van der Waals surface area contributed by atoms with Crippen LogP contribution < -0.4 is 5.43 Å². The Kier molecular flexibility index (Phi) is 4.06. The van der Waals surface area contributed by atoms with Crippen molar-refractivity contribution >= 4 is 23.0 Å². The summed E-state index contributed by atoms with van der Waals surface area (Å²) < 4.78 is 0. The fraction of sp³-hybridized carbons (Fsp3) is 0.0714. The molecule has 1 aromatic carbocycles. The highest BCUT2D eigenvalue weighted by atomic mass is 32.1. The summed E-state index contributed by atoms with van der Waals surface area (Å²) in [6.45, 7) is 1.80. The maximum Gasteiger partial charge on any atom is 0.281 e. The Morgan fingerprint density at radius 2 is 2.05 bits per heavy atom. The van der Waals surface area contributed by atoms with E-state index in [4.69, 9.17) is 5.26 Å². The van der Waals surface area contributed by atoms with E-state index in [-0.39, 0.29) is 5.91 Å².